The van der Waals surface area contributed by atoms with Crippen molar-refractivity contribution in [1.29, 1.82) is 5.41 Å². The number of rotatable bonds is 7. The third-order valence-corrected chi connectivity index (χ3v) is 7.81. The topological polar surface area (TPSA) is 169 Å². The van der Waals surface area contributed by atoms with Gasteiger partial charge < -0.3 is 30.6 Å². The molecule has 3 heterocycles. The van der Waals surface area contributed by atoms with E-state index >= 15 is 4.39 Å². The number of urea groups is 1. The number of hydrogen-bond donors (Lipinski definition) is 4. The first-order valence-corrected chi connectivity index (χ1v) is 13.6. The highest BCUT2D eigenvalue weighted by Gasteiger charge is 2.43. The normalized spacial score (nSPS) is 21.3. The van der Waals surface area contributed by atoms with Crippen LogP contribution < -0.4 is 10.6 Å². The number of piperidine rings is 1. The molecule has 0 aliphatic carbocycles. The van der Waals surface area contributed by atoms with Crippen LogP contribution in [-0.2, 0) is 11.3 Å². The highest BCUT2D eigenvalue weighted by atomic mass is 19.1. The Morgan fingerprint density at radius 1 is 1.22 bits per heavy atom. The van der Waals surface area contributed by atoms with Crippen molar-refractivity contribution >= 4 is 29.4 Å². The van der Waals surface area contributed by atoms with Gasteiger partial charge >= 0.3 is 6.03 Å². The molecule has 2 aliphatic rings. The first-order valence-electron chi connectivity index (χ1n) is 13.6. The number of anilines is 1. The number of aliphatic hydroxyl groups excluding tert-OH is 2. The van der Waals surface area contributed by atoms with Crippen molar-refractivity contribution in [2.75, 3.05) is 44.7 Å². The smallest absolute Gasteiger partial charge is 0.320 e. The van der Waals surface area contributed by atoms with Gasteiger partial charge in [0.05, 0.1) is 30.6 Å². The SMILES string of the molecule is CC1CN(C(=O)N2CCC(O)C2)CC(=O)C1c1nn(C(=O)C(C)(C)CO)c(N(C)Cc2ccc(C(=N)N)cc2)c1F. The summed E-state index contributed by atoms with van der Waals surface area (Å²) in [7, 11) is 1.59. The third-order valence-electron chi connectivity index (χ3n) is 7.81. The predicted molar refractivity (Wildman–Crippen MR) is 149 cm³/mol. The summed E-state index contributed by atoms with van der Waals surface area (Å²) in [5, 5.41) is 31.6. The number of amidine groups is 1. The van der Waals surface area contributed by atoms with Crippen LogP contribution in [0.3, 0.4) is 0 Å². The molecule has 5 N–H and O–H groups in total. The standard InChI is InChI=1S/C28H38FN7O5/c1-16-11-35(27(41)34-10-9-19(38)13-34)14-20(39)21(16)23-22(29)25(36(32-23)26(40)28(2,3)15-37)33(4)12-17-5-7-18(8-6-17)24(30)31/h5-8,16,19,21,37-38H,9-15H2,1-4H3,(H3,30,31). The van der Waals surface area contributed by atoms with E-state index in [1.165, 1.54) is 28.5 Å². The van der Waals surface area contributed by atoms with Gasteiger partial charge in [0, 0.05) is 38.8 Å². The molecule has 222 valence electrons. The number of nitrogens with one attached hydrogen (secondary N) is 1. The lowest BCUT2D eigenvalue weighted by atomic mass is 9.83. The molecule has 3 unspecified atom stereocenters. The van der Waals surface area contributed by atoms with E-state index in [4.69, 9.17) is 11.1 Å². The number of aromatic nitrogens is 2. The summed E-state index contributed by atoms with van der Waals surface area (Å²) in [5.41, 5.74) is 5.37. The fourth-order valence-corrected chi connectivity index (χ4v) is 5.37. The summed E-state index contributed by atoms with van der Waals surface area (Å²) in [6.45, 7) is 4.99. The van der Waals surface area contributed by atoms with Gasteiger partial charge in [-0.1, -0.05) is 31.2 Å². The molecule has 2 amide bonds. The van der Waals surface area contributed by atoms with Crippen molar-refractivity contribution < 1.29 is 29.0 Å². The van der Waals surface area contributed by atoms with Crippen LogP contribution in [0.5, 0.6) is 0 Å². The largest absolute Gasteiger partial charge is 0.395 e. The lowest BCUT2D eigenvalue weighted by Crippen LogP contribution is -2.52. The number of hydrogen-bond acceptors (Lipinski definition) is 8. The van der Waals surface area contributed by atoms with Crippen molar-refractivity contribution in [1.82, 2.24) is 19.6 Å². The molecule has 0 saturated carbocycles. The van der Waals surface area contributed by atoms with Crippen molar-refractivity contribution in [2.24, 2.45) is 17.1 Å². The van der Waals surface area contributed by atoms with Crippen molar-refractivity contribution in [3.63, 3.8) is 0 Å². The van der Waals surface area contributed by atoms with Crippen molar-refractivity contribution in [2.45, 2.75) is 45.8 Å². The Kier molecular flexibility index (Phi) is 8.50. The maximum absolute atomic E-state index is 16.3. The van der Waals surface area contributed by atoms with Crippen molar-refractivity contribution in [3.05, 3.63) is 46.9 Å². The Morgan fingerprint density at radius 2 is 1.88 bits per heavy atom. The van der Waals surface area contributed by atoms with Crippen LogP contribution in [0.25, 0.3) is 0 Å². The van der Waals surface area contributed by atoms with Gasteiger partial charge in [0.2, 0.25) is 0 Å². The molecule has 1 aromatic carbocycles. The minimum atomic E-state index is -1.28. The van der Waals surface area contributed by atoms with Crippen LogP contribution >= 0.6 is 0 Å². The van der Waals surface area contributed by atoms with Gasteiger partial charge in [0.1, 0.15) is 11.5 Å². The molecule has 41 heavy (non-hydrogen) atoms. The number of benzene rings is 1. The van der Waals surface area contributed by atoms with E-state index in [9.17, 15) is 24.6 Å². The number of carbonyl (C=O) groups excluding carboxylic acids is 3. The summed E-state index contributed by atoms with van der Waals surface area (Å²) < 4.78 is 17.2. The van der Waals surface area contributed by atoms with Crippen LogP contribution in [0.15, 0.2) is 24.3 Å². The number of aliphatic hydroxyl groups is 2. The average molecular weight is 572 g/mol. The zero-order chi connectivity index (χ0) is 30.2. The molecule has 12 nitrogen and oxygen atoms in total. The second kappa shape index (κ2) is 11.6. The first-order chi connectivity index (χ1) is 19.2. The van der Waals surface area contributed by atoms with Crippen LogP contribution in [0.4, 0.5) is 15.0 Å². The summed E-state index contributed by atoms with van der Waals surface area (Å²) >= 11 is 0. The van der Waals surface area contributed by atoms with Gasteiger partial charge in [0.15, 0.2) is 17.4 Å². The molecule has 3 atom stereocenters. The number of nitrogens with zero attached hydrogens (tertiary/aromatic N) is 5. The molecule has 2 saturated heterocycles. The summed E-state index contributed by atoms with van der Waals surface area (Å²) in [6.07, 6.45) is -0.116. The van der Waals surface area contributed by atoms with Gasteiger partial charge in [-0.2, -0.15) is 9.78 Å². The fourth-order valence-electron chi connectivity index (χ4n) is 5.37. The van der Waals surface area contributed by atoms with E-state index in [-0.39, 0.29) is 49.6 Å². The summed E-state index contributed by atoms with van der Waals surface area (Å²) in [4.78, 5) is 44.2. The number of ketones is 1. The molecule has 2 aliphatic heterocycles. The quantitative estimate of drug-likeness (QED) is 0.286. The fraction of sp³-hybridized carbons (Fsp3) is 0.536. The molecular formula is C28H38FN7O5. The number of amides is 2. The summed E-state index contributed by atoms with van der Waals surface area (Å²) in [5.74, 6) is -3.57. The van der Waals surface area contributed by atoms with E-state index < -0.39 is 47.5 Å². The molecule has 2 fully saturated rings. The number of halogens is 1. The second-order valence-electron chi connectivity index (χ2n) is 11.7. The Hall–Kier alpha value is -3.84. The first kappa shape index (κ1) is 30.1. The average Bonchev–Trinajstić information content (AvgIpc) is 3.50. The molecule has 13 heteroatoms. The Labute approximate surface area is 238 Å². The highest BCUT2D eigenvalue weighted by molar-refractivity contribution is 5.95. The van der Waals surface area contributed by atoms with E-state index in [0.717, 1.165) is 10.2 Å². The summed E-state index contributed by atoms with van der Waals surface area (Å²) in [6, 6.07) is 6.47. The van der Waals surface area contributed by atoms with E-state index in [1.807, 2.05) is 0 Å². The number of Topliss-reactive ketones (excluding diaryl/α,β-unsaturated/α-hetero) is 1. The van der Waals surface area contributed by atoms with Crippen LogP contribution in [-0.4, -0.2) is 99.3 Å². The van der Waals surface area contributed by atoms with Crippen molar-refractivity contribution in [3.8, 4) is 0 Å². The molecule has 2 aromatic rings. The van der Waals surface area contributed by atoms with Gasteiger partial charge in [-0.05, 0) is 31.7 Å². The third kappa shape index (κ3) is 5.96. The number of nitrogen functional groups attached to an aromatic ring is 1. The number of likely N-dealkylation sites (tertiary alicyclic amines) is 2. The molecule has 4 rings (SSSR count). The molecular weight excluding hydrogens is 533 g/mol. The number of β-amino-alcohol motifs (C(OH)–C–C–N with tert-alkyl or cyclic N) is 1. The minimum absolute atomic E-state index is 0.0833. The van der Waals surface area contributed by atoms with E-state index in [2.05, 4.69) is 5.10 Å². The number of carbonyl (C=O) groups is 3. The Morgan fingerprint density at radius 3 is 2.41 bits per heavy atom. The Bertz CT molecular complexity index is 1340. The molecule has 0 spiro atoms. The van der Waals surface area contributed by atoms with Gasteiger partial charge in [-0.15, -0.1) is 0 Å². The highest BCUT2D eigenvalue weighted by Crippen LogP contribution is 2.36. The van der Waals surface area contributed by atoms with Gasteiger partial charge in [-0.3, -0.25) is 15.0 Å². The lowest BCUT2D eigenvalue weighted by molar-refractivity contribution is -0.125. The molecule has 0 radical (unpaired) electrons. The van der Waals surface area contributed by atoms with Crippen LogP contribution in [0, 0.1) is 22.6 Å². The second-order valence-corrected chi connectivity index (χ2v) is 11.7. The number of nitrogens with two attached hydrogens (primary N) is 1. The predicted octanol–water partition coefficient (Wildman–Crippen LogP) is 1.39. The monoisotopic (exact) mass is 571 g/mol. The van der Waals surface area contributed by atoms with Gasteiger partial charge in [0.25, 0.3) is 5.91 Å². The van der Waals surface area contributed by atoms with Crippen LogP contribution in [0.2, 0.25) is 0 Å². The van der Waals surface area contributed by atoms with Crippen LogP contribution in [0.1, 0.15) is 54.7 Å². The zero-order valence-corrected chi connectivity index (χ0v) is 23.8. The molecule has 0 bridgehead atoms. The van der Waals surface area contributed by atoms with E-state index in [1.54, 1.807) is 38.2 Å². The Balaban J connectivity index is 1.66. The maximum Gasteiger partial charge on any atom is 0.320 e. The van der Waals surface area contributed by atoms with Gasteiger partial charge in [-0.25, -0.2) is 9.18 Å². The maximum atomic E-state index is 16.3. The zero-order valence-electron chi connectivity index (χ0n) is 23.8. The lowest BCUT2D eigenvalue weighted by Gasteiger charge is -2.37. The minimum Gasteiger partial charge on any atom is -0.395 e. The molecule has 1 aromatic heterocycles. The van der Waals surface area contributed by atoms with E-state index in [0.29, 0.717) is 18.5 Å².